The maximum absolute atomic E-state index is 13.6. The zero-order valence-electron chi connectivity index (χ0n) is 24.6. The number of amides is 3. The number of aromatic nitrogens is 2. The Kier molecular flexibility index (Phi) is 9.56. The fourth-order valence-electron chi connectivity index (χ4n) is 5.80. The average molecular weight is 594 g/mol. The second kappa shape index (κ2) is 13.5. The number of nitrogens with zero attached hydrogens (tertiary/aromatic N) is 4. The first kappa shape index (κ1) is 29.8. The molecule has 1 fully saturated rings. The van der Waals surface area contributed by atoms with Crippen molar-refractivity contribution in [1.29, 1.82) is 0 Å². The summed E-state index contributed by atoms with van der Waals surface area (Å²) in [6.07, 6.45) is 3.34. The van der Waals surface area contributed by atoms with Crippen molar-refractivity contribution in [2.24, 2.45) is 5.92 Å². The van der Waals surface area contributed by atoms with Crippen LogP contribution in [-0.4, -0.2) is 77.0 Å². The summed E-state index contributed by atoms with van der Waals surface area (Å²) in [4.78, 5) is 48.3. The third-order valence-electron chi connectivity index (χ3n) is 8.11. The van der Waals surface area contributed by atoms with Gasteiger partial charge in [-0.1, -0.05) is 24.2 Å². The lowest BCUT2D eigenvalue weighted by molar-refractivity contribution is -0.130. The molecule has 2 bridgehead atoms. The van der Waals surface area contributed by atoms with Gasteiger partial charge in [-0.15, -0.1) is 11.3 Å². The van der Waals surface area contributed by atoms with Crippen LogP contribution in [-0.2, 0) is 22.4 Å². The quantitative estimate of drug-likeness (QED) is 0.460. The van der Waals surface area contributed by atoms with Crippen LogP contribution in [0.15, 0.2) is 34.2 Å². The number of carbonyl (C=O) groups excluding carboxylic acids is 3. The Hall–Kier alpha value is -3.73. The van der Waals surface area contributed by atoms with Gasteiger partial charge < -0.3 is 24.4 Å². The largest absolute Gasteiger partial charge is 0.494 e. The normalized spacial score (nSPS) is 19.5. The maximum Gasteiger partial charge on any atom is 0.273 e. The summed E-state index contributed by atoms with van der Waals surface area (Å²) in [7, 11) is 0. The Balaban J connectivity index is 1.30. The molecule has 0 spiro atoms. The minimum atomic E-state index is -0.412. The highest BCUT2D eigenvalue weighted by atomic mass is 32.1. The van der Waals surface area contributed by atoms with Gasteiger partial charge in [0.2, 0.25) is 11.8 Å². The van der Waals surface area contributed by atoms with Gasteiger partial charge in [0.1, 0.15) is 17.2 Å². The second-order valence-corrected chi connectivity index (χ2v) is 12.0. The van der Waals surface area contributed by atoms with Crippen molar-refractivity contribution in [3.63, 3.8) is 0 Å². The molecule has 3 aromatic rings. The third-order valence-corrected chi connectivity index (χ3v) is 9.02. The molecule has 1 saturated heterocycles. The lowest BCUT2D eigenvalue weighted by atomic mass is 9.88. The van der Waals surface area contributed by atoms with E-state index in [1.807, 2.05) is 43.5 Å². The predicted molar refractivity (Wildman–Crippen MR) is 159 cm³/mol. The Labute approximate surface area is 250 Å². The second-order valence-electron chi connectivity index (χ2n) is 11.0. The van der Waals surface area contributed by atoms with Gasteiger partial charge in [0, 0.05) is 56.0 Å². The van der Waals surface area contributed by atoms with Crippen LogP contribution >= 0.6 is 11.3 Å². The van der Waals surface area contributed by atoms with E-state index >= 15 is 0 Å². The van der Waals surface area contributed by atoms with E-state index < -0.39 is 5.92 Å². The predicted octanol–water partition coefficient (Wildman–Crippen LogP) is 3.92. The fourth-order valence-corrected chi connectivity index (χ4v) is 6.67. The van der Waals surface area contributed by atoms with Gasteiger partial charge in [-0.25, -0.2) is 4.98 Å². The molecule has 4 heterocycles. The van der Waals surface area contributed by atoms with E-state index in [9.17, 15) is 14.4 Å². The van der Waals surface area contributed by atoms with Crippen LogP contribution in [0.2, 0.25) is 0 Å². The summed E-state index contributed by atoms with van der Waals surface area (Å²) in [5.74, 6) is 0.627. The molecule has 0 unspecified atom stereocenters. The summed E-state index contributed by atoms with van der Waals surface area (Å²) in [6, 6.07) is 7.81. The van der Waals surface area contributed by atoms with E-state index in [4.69, 9.17) is 9.26 Å². The number of nitrogens with one attached hydrogen (secondary N) is 1. The molecule has 2 aliphatic heterocycles. The van der Waals surface area contributed by atoms with Gasteiger partial charge in [0.15, 0.2) is 0 Å². The van der Waals surface area contributed by atoms with Crippen molar-refractivity contribution in [3.8, 4) is 5.75 Å². The minimum Gasteiger partial charge on any atom is -0.494 e. The number of aryl methyl sites for hydroxylation is 3. The van der Waals surface area contributed by atoms with Crippen LogP contribution in [0.25, 0.3) is 0 Å². The van der Waals surface area contributed by atoms with Gasteiger partial charge >= 0.3 is 0 Å². The van der Waals surface area contributed by atoms with Crippen molar-refractivity contribution >= 4 is 29.1 Å². The highest BCUT2D eigenvalue weighted by Gasteiger charge is 2.40. The van der Waals surface area contributed by atoms with E-state index in [-0.39, 0.29) is 23.6 Å². The van der Waals surface area contributed by atoms with Crippen LogP contribution < -0.4 is 10.1 Å². The van der Waals surface area contributed by atoms with Crippen molar-refractivity contribution in [2.75, 3.05) is 39.3 Å². The zero-order valence-corrected chi connectivity index (χ0v) is 25.4. The molecular weight excluding hydrogens is 554 g/mol. The maximum atomic E-state index is 13.6. The summed E-state index contributed by atoms with van der Waals surface area (Å²) in [5.41, 5.74) is 3.19. The van der Waals surface area contributed by atoms with Crippen molar-refractivity contribution in [3.05, 3.63) is 62.9 Å². The first-order valence-electron chi connectivity index (χ1n) is 14.8. The van der Waals surface area contributed by atoms with Crippen LogP contribution in [0.1, 0.15) is 70.2 Å². The van der Waals surface area contributed by atoms with E-state index in [1.54, 1.807) is 9.80 Å². The van der Waals surface area contributed by atoms with Gasteiger partial charge in [0.25, 0.3) is 5.91 Å². The van der Waals surface area contributed by atoms with Gasteiger partial charge in [-0.3, -0.25) is 14.4 Å². The molecule has 5 rings (SSSR count). The molecule has 1 N–H and O–H groups in total. The van der Waals surface area contributed by atoms with E-state index in [0.29, 0.717) is 70.0 Å². The lowest BCUT2D eigenvalue weighted by Crippen LogP contribution is -2.42. The molecule has 10 nitrogen and oxygen atoms in total. The topological polar surface area (TPSA) is 118 Å². The third kappa shape index (κ3) is 6.83. The monoisotopic (exact) mass is 593 g/mol. The summed E-state index contributed by atoms with van der Waals surface area (Å²) < 4.78 is 11.3. The van der Waals surface area contributed by atoms with Crippen LogP contribution in [0.4, 0.5) is 0 Å². The van der Waals surface area contributed by atoms with Gasteiger partial charge in [-0.2, -0.15) is 0 Å². The summed E-state index contributed by atoms with van der Waals surface area (Å²) in [5, 5.41) is 9.83. The van der Waals surface area contributed by atoms with E-state index in [2.05, 4.69) is 22.4 Å². The molecule has 3 amide bonds. The number of ether oxygens (including phenoxy) is 1. The molecule has 2 aliphatic rings. The number of thiazole rings is 1. The standard InChI is InChI=1S/C31H39N5O5S/c1-4-7-28-33-27(19-42-28)31(39)35-13-6-15-40-23-9-5-8-22(16-23)25-17-36(18-26(25)30(38)32-12-14-35)29(37)11-10-24-20(2)34-41-21(24)3/h5,8-9,16,19,25-26H,4,6-7,10-15,17-18H2,1-3H3,(H,32,38)/t25-,26+/m1/s1. The Morgan fingerprint density at radius 2 is 1.95 bits per heavy atom. The molecule has 2 aromatic heterocycles. The molecule has 42 heavy (non-hydrogen) atoms. The highest BCUT2D eigenvalue weighted by molar-refractivity contribution is 7.09. The van der Waals surface area contributed by atoms with Crippen LogP contribution in [0, 0.1) is 19.8 Å². The van der Waals surface area contributed by atoms with Crippen molar-refractivity contribution in [1.82, 2.24) is 25.3 Å². The molecule has 2 atom stereocenters. The molecular formula is C31H39N5O5S. The number of hydrogen-bond acceptors (Lipinski definition) is 8. The fraction of sp³-hybridized carbons (Fsp3) is 0.516. The number of rotatable bonds is 6. The smallest absolute Gasteiger partial charge is 0.273 e. The number of fused-ring (bicyclic) bond motifs is 4. The average Bonchev–Trinajstić information content (AvgIpc) is 3.72. The SMILES string of the molecule is CCCc1nc(C(=O)N2CCCOc3cccc(c3)[C@H]3CN(C(=O)CCc4c(C)noc4C)C[C@@H]3C(=O)NCC2)cs1. The Bertz CT molecular complexity index is 1400. The van der Waals surface area contributed by atoms with Gasteiger partial charge in [-0.05, 0) is 57.2 Å². The molecule has 0 saturated carbocycles. The molecule has 0 radical (unpaired) electrons. The first-order valence-corrected chi connectivity index (χ1v) is 15.7. The van der Waals surface area contributed by atoms with Crippen LogP contribution in [0.5, 0.6) is 5.75 Å². The molecule has 0 aliphatic carbocycles. The number of benzene rings is 1. The summed E-state index contributed by atoms with van der Waals surface area (Å²) in [6.45, 7) is 8.26. The van der Waals surface area contributed by atoms with Crippen molar-refractivity contribution in [2.45, 2.75) is 58.8 Å². The van der Waals surface area contributed by atoms with Gasteiger partial charge in [0.05, 0.1) is 23.2 Å². The number of likely N-dealkylation sites (tertiary alicyclic amines) is 1. The highest BCUT2D eigenvalue weighted by Crippen LogP contribution is 2.35. The Morgan fingerprint density at radius 1 is 1.12 bits per heavy atom. The molecule has 1 aromatic carbocycles. The van der Waals surface area contributed by atoms with Crippen molar-refractivity contribution < 1.29 is 23.6 Å². The number of hydrogen-bond donors (Lipinski definition) is 1. The summed E-state index contributed by atoms with van der Waals surface area (Å²) >= 11 is 1.51. The number of carbonyl (C=O) groups is 3. The van der Waals surface area contributed by atoms with E-state index in [1.165, 1.54) is 11.3 Å². The molecule has 11 heteroatoms. The lowest BCUT2D eigenvalue weighted by Gasteiger charge is -2.24. The molecule has 224 valence electrons. The first-order chi connectivity index (χ1) is 20.3. The van der Waals surface area contributed by atoms with E-state index in [0.717, 1.165) is 40.4 Å². The minimum absolute atomic E-state index is 0.00287. The zero-order chi connectivity index (χ0) is 29.6. The Morgan fingerprint density at radius 3 is 2.74 bits per heavy atom. The van der Waals surface area contributed by atoms with Crippen LogP contribution in [0.3, 0.4) is 0 Å².